The second-order valence-electron chi connectivity index (χ2n) is 5.63. The molecule has 5 nitrogen and oxygen atoms in total. The lowest BCUT2D eigenvalue weighted by atomic mass is 10.1. The predicted molar refractivity (Wildman–Crippen MR) is 83.2 cm³/mol. The predicted octanol–water partition coefficient (Wildman–Crippen LogP) is 2.93. The Morgan fingerprint density at radius 3 is 2.76 bits per heavy atom. The molecule has 1 atom stereocenters. The SMILES string of the molecule is CCCCCCCC(=O)OC(C)N1CCN=C(C)CC1=O. The summed E-state index contributed by atoms with van der Waals surface area (Å²) < 4.78 is 5.37. The van der Waals surface area contributed by atoms with Gasteiger partial charge in [-0.2, -0.15) is 0 Å². The van der Waals surface area contributed by atoms with Gasteiger partial charge in [0.2, 0.25) is 5.91 Å². The van der Waals surface area contributed by atoms with E-state index in [-0.39, 0.29) is 11.9 Å². The highest BCUT2D eigenvalue weighted by Crippen LogP contribution is 2.11. The molecule has 0 N–H and O–H groups in total. The van der Waals surface area contributed by atoms with Gasteiger partial charge in [0, 0.05) is 18.7 Å². The normalized spacial score (nSPS) is 17.2. The van der Waals surface area contributed by atoms with Crippen molar-refractivity contribution in [1.29, 1.82) is 0 Å². The maximum atomic E-state index is 12.0. The van der Waals surface area contributed by atoms with Gasteiger partial charge in [-0.25, -0.2) is 0 Å². The fourth-order valence-electron chi connectivity index (χ4n) is 2.42. The summed E-state index contributed by atoms with van der Waals surface area (Å²) in [7, 11) is 0. The number of rotatable bonds is 8. The minimum atomic E-state index is -0.498. The van der Waals surface area contributed by atoms with E-state index in [0.717, 1.165) is 18.6 Å². The molecule has 1 rings (SSSR count). The van der Waals surface area contributed by atoms with Crippen LogP contribution in [0.3, 0.4) is 0 Å². The monoisotopic (exact) mass is 296 g/mol. The van der Waals surface area contributed by atoms with Crippen molar-refractivity contribution >= 4 is 17.6 Å². The zero-order valence-corrected chi connectivity index (χ0v) is 13.6. The lowest BCUT2D eigenvalue weighted by Crippen LogP contribution is -2.42. The van der Waals surface area contributed by atoms with E-state index in [1.54, 1.807) is 11.8 Å². The molecule has 0 spiro atoms. The number of hydrogen-bond donors (Lipinski definition) is 0. The Labute approximate surface area is 127 Å². The Hall–Kier alpha value is -1.39. The highest BCUT2D eigenvalue weighted by Gasteiger charge is 2.24. The molecule has 1 aliphatic heterocycles. The number of aliphatic imine (C=N–C) groups is 1. The van der Waals surface area contributed by atoms with Crippen LogP contribution >= 0.6 is 0 Å². The van der Waals surface area contributed by atoms with Crippen LogP contribution in [0.5, 0.6) is 0 Å². The summed E-state index contributed by atoms with van der Waals surface area (Å²) in [6, 6.07) is 0. The molecule has 0 fully saturated rings. The molecular formula is C16H28N2O3. The number of hydrogen-bond acceptors (Lipinski definition) is 4. The number of carbonyl (C=O) groups is 2. The summed E-state index contributed by atoms with van der Waals surface area (Å²) in [5.41, 5.74) is 0.844. The van der Waals surface area contributed by atoms with E-state index >= 15 is 0 Å². The molecule has 0 radical (unpaired) electrons. The Bertz CT molecular complexity index is 380. The highest BCUT2D eigenvalue weighted by molar-refractivity contribution is 6.00. The average molecular weight is 296 g/mol. The summed E-state index contributed by atoms with van der Waals surface area (Å²) in [4.78, 5) is 29.7. The fraction of sp³-hybridized carbons (Fsp3) is 0.812. The zero-order chi connectivity index (χ0) is 15.7. The highest BCUT2D eigenvalue weighted by atomic mass is 16.6. The van der Waals surface area contributed by atoms with E-state index in [2.05, 4.69) is 11.9 Å². The third-order valence-electron chi connectivity index (χ3n) is 3.68. The first kappa shape index (κ1) is 17.7. The molecule has 5 heteroatoms. The largest absolute Gasteiger partial charge is 0.442 e. The van der Waals surface area contributed by atoms with Crippen molar-refractivity contribution in [3.63, 3.8) is 0 Å². The quantitative estimate of drug-likeness (QED) is 0.511. The van der Waals surface area contributed by atoms with Crippen LogP contribution in [0.4, 0.5) is 0 Å². The van der Waals surface area contributed by atoms with Crippen molar-refractivity contribution in [2.75, 3.05) is 13.1 Å². The first-order valence-corrected chi connectivity index (χ1v) is 8.03. The molecular weight excluding hydrogens is 268 g/mol. The van der Waals surface area contributed by atoms with E-state index in [1.807, 2.05) is 6.92 Å². The van der Waals surface area contributed by atoms with Gasteiger partial charge in [0.05, 0.1) is 13.0 Å². The molecule has 1 heterocycles. The van der Waals surface area contributed by atoms with Crippen molar-refractivity contribution in [3.05, 3.63) is 0 Å². The van der Waals surface area contributed by atoms with Crippen molar-refractivity contribution < 1.29 is 14.3 Å². The van der Waals surface area contributed by atoms with Gasteiger partial charge >= 0.3 is 5.97 Å². The van der Waals surface area contributed by atoms with Crippen molar-refractivity contribution in [3.8, 4) is 0 Å². The summed E-state index contributed by atoms with van der Waals surface area (Å²) >= 11 is 0. The van der Waals surface area contributed by atoms with Gasteiger partial charge in [-0.1, -0.05) is 32.6 Å². The molecule has 1 unspecified atom stereocenters. The Morgan fingerprint density at radius 2 is 2.05 bits per heavy atom. The molecule has 1 amide bonds. The van der Waals surface area contributed by atoms with E-state index in [9.17, 15) is 9.59 Å². The number of amides is 1. The number of nitrogens with zero attached hydrogens (tertiary/aromatic N) is 2. The van der Waals surface area contributed by atoms with Gasteiger partial charge in [-0.15, -0.1) is 0 Å². The van der Waals surface area contributed by atoms with Crippen LogP contribution in [-0.2, 0) is 14.3 Å². The number of unbranched alkanes of at least 4 members (excludes halogenated alkanes) is 4. The molecule has 0 bridgehead atoms. The number of ether oxygens (including phenoxy) is 1. The van der Waals surface area contributed by atoms with E-state index in [4.69, 9.17) is 4.74 Å². The maximum absolute atomic E-state index is 12.0. The zero-order valence-electron chi connectivity index (χ0n) is 13.6. The number of carbonyl (C=O) groups excluding carboxylic acids is 2. The van der Waals surface area contributed by atoms with E-state index in [0.29, 0.717) is 25.9 Å². The first-order chi connectivity index (χ1) is 10.0. The maximum Gasteiger partial charge on any atom is 0.307 e. The molecule has 21 heavy (non-hydrogen) atoms. The van der Waals surface area contributed by atoms with Crippen LogP contribution < -0.4 is 0 Å². The van der Waals surface area contributed by atoms with Crippen LogP contribution in [0.25, 0.3) is 0 Å². The second kappa shape index (κ2) is 9.53. The van der Waals surface area contributed by atoms with E-state index < -0.39 is 6.23 Å². The Balaban J connectivity index is 2.30. The van der Waals surface area contributed by atoms with Crippen molar-refractivity contribution in [1.82, 2.24) is 4.90 Å². The molecule has 0 aliphatic carbocycles. The average Bonchev–Trinajstić information content (AvgIpc) is 2.59. The van der Waals surface area contributed by atoms with Gasteiger partial charge in [-0.3, -0.25) is 14.6 Å². The fourth-order valence-corrected chi connectivity index (χ4v) is 2.42. The smallest absolute Gasteiger partial charge is 0.307 e. The summed E-state index contributed by atoms with van der Waals surface area (Å²) in [5.74, 6) is -0.231. The Morgan fingerprint density at radius 1 is 1.33 bits per heavy atom. The van der Waals surface area contributed by atoms with Gasteiger partial charge in [0.25, 0.3) is 0 Å². The van der Waals surface area contributed by atoms with Crippen LogP contribution in [-0.4, -0.2) is 41.8 Å². The molecule has 0 saturated carbocycles. The minimum absolute atomic E-state index is 0.0167. The summed E-state index contributed by atoms with van der Waals surface area (Å²) in [6.45, 7) is 6.87. The summed E-state index contributed by atoms with van der Waals surface area (Å²) in [5, 5.41) is 0. The molecule has 120 valence electrons. The van der Waals surface area contributed by atoms with Crippen LogP contribution in [0.15, 0.2) is 4.99 Å². The van der Waals surface area contributed by atoms with Crippen LogP contribution in [0.2, 0.25) is 0 Å². The van der Waals surface area contributed by atoms with Gasteiger partial charge in [-0.05, 0) is 20.3 Å². The van der Waals surface area contributed by atoms with Gasteiger partial charge in [0.15, 0.2) is 6.23 Å². The van der Waals surface area contributed by atoms with Crippen LogP contribution in [0, 0.1) is 0 Å². The van der Waals surface area contributed by atoms with E-state index in [1.165, 1.54) is 19.3 Å². The standard InChI is InChI=1S/C16H28N2O3/c1-4-5-6-7-8-9-16(20)21-14(3)18-11-10-17-13(2)12-15(18)19/h14H,4-12H2,1-3H3. The lowest BCUT2D eigenvalue weighted by molar-refractivity contribution is -0.162. The number of esters is 1. The Kier molecular flexibility index (Phi) is 8.01. The topological polar surface area (TPSA) is 59.0 Å². The second-order valence-corrected chi connectivity index (χ2v) is 5.63. The molecule has 0 aromatic heterocycles. The van der Waals surface area contributed by atoms with Crippen molar-refractivity contribution in [2.24, 2.45) is 4.99 Å². The minimum Gasteiger partial charge on any atom is -0.442 e. The third kappa shape index (κ3) is 6.74. The molecule has 0 aromatic rings. The lowest BCUT2D eigenvalue weighted by Gasteiger charge is -2.27. The molecule has 1 aliphatic rings. The molecule has 0 saturated heterocycles. The van der Waals surface area contributed by atoms with Gasteiger partial charge < -0.3 is 9.64 Å². The van der Waals surface area contributed by atoms with Crippen molar-refractivity contribution in [2.45, 2.75) is 71.9 Å². The van der Waals surface area contributed by atoms with Gasteiger partial charge in [0.1, 0.15) is 0 Å². The molecule has 0 aromatic carbocycles. The van der Waals surface area contributed by atoms with Crippen LogP contribution in [0.1, 0.15) is 65.7 Å². The third-order valence-corrected chi connectivity index (χ3v) is 3.68. The first-order valence-electron chi connectivity index (χ1n) is 8.03. The summed E-state index contributed by atoms with van der Waals surface area (Å²) in [6.07, 6.45) is 5.76.